The Hall–Kier alpha value is -2.78. The van der Waals surface area contributed by atoms with E-state index in [2.05, 4.69) is 11.1 Å². The zero-order valence-corrected chi connectivity index (χ0v) is 15.0. The van der Waals surface area contributed by atoms with Crippen molar-refractivity contribution in [1.29, 1.82) is 5.26 Å². The van der Waals surface area contributed by atoms with Crippen LogP contribution in [0.15, 0.2) is 53.8 Å². The Kier molecular flexibility index (Phi) is 4.51. The summed E-state index contributed by atoms with van der Waals surface area (Å²) in [6.07, 6.45) is 5.54. The van der Waals surface area contributed by atoms with Crippen molar-refractivity contribution >= 4 is 23.4 Å². The molecule has 2 aromatic heterocycles. The van der Waals surface area contributed by atoms with Crippen molar-refractivity contribution in [2.45, 2.75) is 23.5 Å². The van der Waals surface area contributed by atoms with Crippen LogP contribution in [0.2, 0.25) is 0 Å². The third-order valence-corrected chi connectivity index (χ3v) is 5.11. The highest BCUT2D eigenvalue weighted by Gasteiger charge is 2.31. The fourth-order valence-corrected chi connectivity index (χ4v) is 3.76. The van der Waals surface area contributed by atoms with E-state index in [4.69, 9.17) is 10.00 Å². The van der Waals surface area contributed by atoms with Gasteiger partial charge in [0.25, 0.3) is 0 Å². The Labute approximate surface area is 150 Å². The Balaban J connectivity index is 2.15. The zero-order valence-electron chi connectivity index (χ0n) is 14.2. The van der Waals surface area contributed by atoms with Gasteiger partial charge in [0.05, 0.1) is 18.7 Å². The average molecular weight is 351 g/mol. The predicted molar refractivity (Wildman–Crippen MR) is 97.3 cm³/mol. The van der Waals surface area contributed by atoms with Crippen LogP contribution in [0.3, 0.4) is 0 Å². The van der Waals surface area contributed by atoms with Crippen LogP contribution in [0, 0.1) is 11.3 Å². The third kappa shape index (κ3) is 3.24. The van der Waals surface area contributed by atoms with E-state index in [9.17, 15) is 4.79 Å². The van der Waals surface area contributed by atoms with E-state index in [1.807, 2.05) is 48.8 Å². The number of hydrogen-bond acceptors (Lipinski definition) is 5. The summed E-state index contributed by atoms with van der Waals surface area (Å²) in [4.78, 5) is 17.5. The van der Waals surface area contributed by atoms with Crippen LogP contribution >= 0.6 is 11.8 Å². The molecule has 0 fully saturated rings. The van der Waals surface area contributed by atoms with Gasteiger partial charge in [-0.2, -0.15) is 5.26 Å². The van der Waals surface area contributed by atoms with E-state index >= 15 is 0 Å². The quantitative estimate of drug-likeness (QED) is 0.526. The van der Waals surface area contributed by atoms with Crippen molar-refractivity contribution in [3.63, 3.8) is 0 Å². The second-order valence-corrected chi connectivity index (χ2v) is 7.67. The molecule has 0 aliphatic carbocycles. The number of nitrogens with zero attached hydrogens (tertiary/aromatic N) is 3. The van der Waals surface area contributed by atoms with Crippen molar-refractivity contribution in [3.8, 4) is 17.2 Å². The first-order valence-corrected chi connectivity index (χ1v) is 8.51. The molecule has 2 heterocycles. The molecule has 25 heavy (non-hydrogen) atoms. The van der Waals surface area contributed by atoms with Gasteiger partial charge in [-0.05, 0) is 37.6 Å². The first-order valence-electron chi connectivity index (χ1n) is 7.70. The van der Waals surface area contributed by atoms with Crippen LogP contribution in [-0.4, -0.2) is 27.2 Å². The molecule has 0 N–H and O–H groups in total. The second-order valence-electron chi connectivity index (χ2n) is 6.01. The molecule has 3 rings (SSSR count). The Morgan fingerprint density at radius 3 is 2.60 bits per heavy atom. The van der Waals surface area contributed by atoms with E-state index in [1.165, 1.54) is 18.9 Å². The molecular formula is C19H17N3O2S. The lowest BCUT2D eigenvalue weighted by molar-refractivity contribution is -0.142. The standard InChI is InChI=1S/C19H17N3O2S/c1-19(2,18(23)24-3)25-15-8-10-22-11-9-21-17(22)16(15)14-6-4-13(12-20)5-7-14/h4-11H,1-3H3. The molecule has 5 nitrogen and oxygen atoms in total. The van der Waals surface area contributed by atoms with Crippen molar-refractivity contribution < 1.29 is 9.53 Å². The molecule has 3 aromatic rings. The topological polar surface area (TPSA) is 67.4 Å². The molecule has 0 radical (unpaired) electrons. The lowest BCUT2D eigenvalue weighted by atomic mass is 10.1. The van der Waals surface area contributed by atoms with Gasteiger partial charge in [0.15, 0.2) is 0 Å². The van der Waals surface area contributed by atoms with Gasteiger partial charge in [0.2, 0.25) is 0 Å². The molecule has 0 amide bonds. The minimum atomic E-state index is -0.735. The van der Waals surface area contributed by atoms with Gasteiger partial charge in [0, 0.05) is 29.0 Å². The molecule has 0 aliphatic heterocycles. The van der Waals surface area contributed by atoms with Gasteiger partial charge in [0.1, 0.15) is 10.4 Å². The first kappa shape index (κ1) is 17.1. The van der Waals surface area contributed by atoms with Crippen LogP contribution in [-0.2, 0) is 9.53 Å². The number of fused-ring (bicyclic) bond motifs is 1. The Morgan fingerprint density at radius 2 is 1.96 bits per heavy atom. The van der Waals surface area contributed by atoms with Crippen LogP contribution in [0.25, 0.3) is 16.8 Å². The van der Waals surface area contributed by atoms with E-state index in [-0.39, 0.29) is 5.97 Å². The normalized spacial score (nSPS) is 11.3. The molecular weight excluding hydrogens is 334 g/mol. The van der Waals surface area contributed by atoms with Crippen LogP contribution in [0.4, 0.5) is 0 Å². The number of pyridine rings is 1. The molecule has 0 saturated heterocycles. The lowest BCUT2D eigenvalue weighted by Crippen LogP contribution is -2.29. The number of carbonyl (C=O) groups excluding carboxylic acids is 1. The number of benzene rings is 1. The molecule has 0 saturated carbocycles. The van der Waals surface area contributed by atoms with Crippen LogP contribution < -0.4 is 0 Å². The molecule has 0 bridgehead atoms. The summed E-state index contributed by atoms with van der Waals surface area (Å²) in [5, 5.41) is 9.01. The highest BCUT2D eigenvalue weighted by molar-refractivity contribution is 8.01. The number of ether oxygens (including phenoxy) is 1. The van der Waals surface area contributed by atoms with Crippen molar-refractivity contribution in [3.05, 3.63) is 54.5 Å². The second kappa shape index (κ2) is 6.61. The molecule has 0 spiro atoms. The molecule has 6 heteroatoms. The summed E-state index contributed by atoms with van der Waals surface area (Å²) in [6.45, 7) is 3.67. The largest absolute Gasteiger partial charge is 0.468 e. The number of imidazole rings is 1. The maximum absolute atomic E-state index is 12.1. The number of thioether (sulfide) groups is 1. The van der Waals surface area contributed by atoms with Gasteiger partial charge >= 0.3 is 5.97 Å². The number of nitriles is 1. The number of methoxy groups -OCH3 is 1. The molecule has 0 unspecified atom stereocenters. The minimum absolute atomic E-state index is 0.286. The van der Waals surface area contributed by atoms with Crippen LogP contribution in [0.1, 0.15) is 19.4 Å². The summed E-state index contributed by atoms with van der Waals surface area (Å²) in [5.41, 5.74) is 3.27. The smallest absolute Gasteiger partial charge is 0.321 e. The van der Waals surface area contributed by atoms with E-state index in [1.54, 1.807) is 18.3 Å². The van der Waals surface area contributed by atoms with E-state index in [0.717, 1.165) is 21.7 Å². The number of esters is 1. The van der Waals surface area contributed by atoms with E-state index < -0.39 is 4.75 Å². The number of aromatic nitrogens is 2. The maximum atomic E-state index is 12.1. The summed E-state index contributed by atoms with van der Waals surface area (Å²) in [6, 6.07) is 11.5. The van der Waals surface area contributed by atoms with Crippen LogP contribution in [0.5, 0.6) is 0 Å². The first-order chi connectivity index (χ1) is 12.0. The SMILES string of the molecule is COC(=O)C(C)(C)Sc1ccn2ccnc2c1-c1ccc(C#N)cc1. The Morgan fingerprint density at radius 1 is 1.24 bits per heavy atom. The van der Waals surface area contributed by atoms with Gasteiger partial charge in [-0.3, -0.25) is 4.79 Å². The number of rotatable bonds is 4. The minimum Gasteiger partial charge on any atom is -0.468 e. The summed E-state index contributed by atoms with van der Waals surface area (Å²) in [7, 11) is 1.39. The fourth-order valence-electron chi connectivity index (χ4n) is 2.60. The summed E-state index contributed by atoms with van der Waals surface area (Å²) in [5.74, 6) is -0.286. The van der Waals surface area contributed by atoms with Gasteiger partial charge < -0.3 is 9.14 Å². The summed E-state index contributed by atoms with van der Waals surface area (Å²) >= 11 is 1.44. The zero-order chi connectivity index (χ0) is 18.0. The van der Waals surface area contributed by atoms with Crippen molar-refractivity contribution in [2.24, 2.45) is 0 Å². The van der Waals surface area contributed by atoms with Gasteiger partial charge in [-0.25, -0.2) is 4.98 Å². The third-order valence-electron chi connectivity index (χ3n) is 3.87. The van der Waals surface area contributed by atoms with Gasteiger partial charge in [-0.1, -0.05) is 12.1 Å². The number of carbonyl (C=O) groups is 1. The summed E-state index contributed by atoms with van der Waals surface area (Å²) < 4.78 is 6.12. The molecule has 0 aliphatic rings. The van der Waals surface area contributed by atoms with Crippen molar-refractivity contribution in [2.75, 3.05) is 7.11 Å². The fraction of sp³-hybridized carbons (Fsp3) is 0.211. The Bertz CT molecular complexity index is 968. The molecule has 1 aromatic carbocycles. The van der Waals surface area contributed by atoms with E-state index in [0.29, 0.717) is 5.56 Å². The predicted octanol–water partition coefficient (Wildman–Crippen LogP) is 3.92. The average Bonchev–Trinajstić information content (AvgIpc) is 3.09. The van der Waals surface area contributed by atoms with Crippen molar-refractivity contribution in [1.82, 2.24) is 9.38 Å². The lowest BCUT2D eigenvalue weighted by Gasteiger charge is -2.22. The number of hydrogen-bond donors (Lipinski definition) is 0. The molecule has 0 atom stereocenters. The highest BCUT2D eigenvalue weighted by atomic mass is 32.2. The molecule has 126 valence electrons. The highest BCUT2D eigenvalue weighted by Crippen LogP contribution is 2.41. The van der Waals surface area contributed by atoms with Gasteiger partial charge in [-0.15, -0.1) is 11.8 Å². The monoisotopic (exact) mass is 351 g/mol. The maximum Gasteiger partial charge on any atom is 0.321 e.